The number of rotatable bonds is 9. The summed E-state index contributed by atoms with van der Waals surface area (Å²) in [4.78, 5) is 0. The SMILES string of the molecule is CCCCCCC(O)CCO.OCCCO. The van der Waals surface area contributed by atoms with E-state index in [2.05, 4.69) is 6.92 Å². The Morgan fingerprint density at radius 1 is 0.750 bits per heavy atom. The molecule has 0 saturated heterocycles. The summed E-state index contributed by atoms with van der Waals surface area (Å²) >= 11 is 0. The molecule has 0 fully saturated rings. The number of unbranched alkanes of at least 4 members (excludes halogenated alkanes) is 3. The third-order valence-electron chi connectivity index (χ3n) is 2.17. The highest BCUT2D eigenvalue weighted by Gasteiger charge is 2.01. The zero-order valence-corrected chi connectivity index (χ0v) is 10.4. The molecule has 0 rings (SSSR count). The summed E-state index contributed by atoms with van der Waals surface area (Å²) < 4.78 is 0. The van der Waals surface area contributed by atoms with Crippen LogP contribution in [0.25, 0.3) is 0 Å². The van der Waals surface area contributed by atoms with Gasteiger partial charge in [-0.25, -0.2) is 0 Å². The molecule has 4 nitrogen and oxygen atoms in total. The van der Waals surface area contributed by atoms with Gasteiger partial charge in [-0.15, -0.1) is 0 Å². The summed E-state index contributed by atoms with van der Waals surface area (Å²) in [6.07, 6.45) is 6.39. The molecule has 0 amide bonds. The monoisotopic (exact) mass is 236 g/mol. The molecular formula is C12H28O4. The molecule has 0 aliphatic rings. The maximum Gasteiger partial charge on any atom is 0.0562 e. The molecule has 0 aliphatic heterocycles. The third-order valence-corrected chi connectivity index (χ3v) is 2.17. The quantitative estimate of drug-likeness (QED) is 0.451. The average Bonchev–Trinajstić information content (AvgIpc) is 2.27. The summed E-state index contributed by atoms with van der Waals surface area (Å²) in [5.74, 6) is 0. The second-order valence-corrected chi connectivity index (χ2v) is 3.82. The highest BCUT2D eigenvalue weighted by Crippen LogP contribution is 2.07. The van der Waals surface area contributed by atoms with E-state index in [1.807, 2.05) is 0 Å². The standard InChI is InChI=1S/C9H20O2.C3H8O2/c1-2-3-4-5-6-9(11)7-8-10;4-2-1-3-5/h9-11H,2-8H2,1H3;4-5H,1-3H2. The van der Waals surface area contributed by atoms with Gasteiger partial charge in [0, 0.05) is 19.8 Å². The van der Waals surface area contributed by atoms with Crippen LogP contribution in [0.5, 0.6) is 0 Å². The van der Waals surface area contributed by atoms with Crippen LogP contribution >= 0.6 is 0 Å². The smallest absolute Gasteiger partial charge is 0.0562 e. The van der Waals surface area contributed by atoms with Crippen molar-refractivity contribution in [3.63, 3.8) is 0 Å². The molecule has 1 atom stereocenters. The van der Waals surface area contributed by atoms with E-state index in [1.54, 1.807) is 0 Å². The number of hydrogen-bond acceptors (Lipinski definition) is 4. The van der Waals surface area contributed by atoms with E-state index in [0.717, 1.165) is 12.8 Å². The summed E-state index contributed by atoms with van der Waals surface area (Å²) in [6.45, 7) is 2.46. The molecule has 0 aromatic heterocycles. The van der Waals surface area contributed by atoms with Crippen LogP contribution < -0.4 is 0 Å². The van der Waals surface area contributed by atoms with Gasteiger partial charge in [0.2, 0.25) is 0 Å². The second kappa shape index (κ2) is 17.2. The zero-order valence-electron chi connectivity index (χ0n) is 10.4. The van der Waals surface area contributed by atoms with Crippen LogP contribution in [0.2, 0.25) is 0 Å². The predicted molar refractivity (Wildman–Crippen MR) is 65.3 cm³/mol. The highest BCUT2D eigenvalue weighted by atomic mass is 16.3. The Bertz CT molecular complexity index is 107. The maximum atomic E-state index is 9.19. The van der Waals surface area contributed by atoms with Gasteiger partial charge >= 0.3 is 0 Å². The van der Waals surface area contributed by atoms with Crippen molar-refractivity contribution in [3.05, 3.63) is 0 Å². The van der Waals surface area contributed by atoms with Crippen LogP contribution in [0.4, 0.5) is 0 Å². The highest BCUT2D eigenvalue weighted by molar-refractivity contribution is 4.54. The van der Waals surface area contributed by atoms with Crippen LogP contribution in [-0.4, -0.2) is 46.4 Å². The fraction of sp³-hybridized carbons (Fsp3) is 1.00. The van der Waals surface area contributed by atoms with Crippen LogP contribution in [-0.2, 0) is 0 Å². The first-order valence-electron chi connectivity index (χ1n) is 6.23. The Morgan fingerprint density at radius 2 is 1.38 bits per heavy atom. The Labute approximate surface area is 98.9 Å². The van der Waals surface area contributed by atoms with Gasteiger partial charge in [0.15, 0.2) is 0 Å². The molecule has 0 aliphatic carbocycles. The van der Waals surface area contributed by atoms with Gasteiger partial charge < -0.3 is 20.4 Å². The van der Waals surface area contributed by atoms with Gasteiger partial charge in [-0.2, -0.15) is 0 Å². The predicted octanol–water partition coefficient (Wildman–Crippen LogP) is 1.06. The van der Waals surface area contributed by atoms with Gasteiger partial charge in [-0.05, 0) is 19.3 Å². The van der Waals surface area contributed by atoms with Crippen LogP contribution in [0.15, 0.2) is 0 Å². The lowest BCUT2D eigenvalue weighted by molar-refractivity contribution is 0.122. The van der Waals surface area contributed by atoms with E-state index in [-0.39, 0.29) is 25.9 Å². The molecular weight excluding hydrogens is 208 g/mol. The largest absolute Gasteiger partial charge is 0.396 e. The van der Waals surface area contributed by atoms with Gasteiger partial charge in [-0.1, -0.05) is 32.6 Å². The molecule has 4 N–H and O–H groups in total. The van der Waals surface area contributed by atoms with Crippen LogP contribution in [0, 0.1) is 0 Å². The molecule has 100 valence electrons. The Balaban J connectivity index is 0. The summed E-state index contributed by atoms with van der Waals surface area (Å²) in [7, 11) is 0. The van der Waals surface area contributed by atoms with Crippen molar-refractivity contribution in [3.8, 4) is 0 Å². The number of hydrogen-bond donors (Lipinski definition) is 4. The van der Waals surface area contributed by atoms with Gasteiger partial charge in [0.25, 0.3) is 0 Å². The molecule has 0 radical (unpaired) electrons. The van der Waals surface area contributed by atoms with E-state index < -0.39 is 0 Å². The van der Waals surface area contributed by atoms with Crippen molar-refractivity contribution in [1.82, 2.24) is 0 Å². The van der Waals surface area contributed by atoms with Crippen molar-refractivity contribution < 1.29 is 20.4 Å². The molecule has 4 heteroatoms. The van der Waals surface area contributed by atoms with E-state index in [4.69, 9.17) is 15.3 Å². The van der Waals surface area contributed by atoms with Gasteiger partial charge in [-0.3, -0.25) is 0 Å². The lowest BCUT2D eigenvalue weighted by Crippen LogP contribution is -2.08. The molecule has 0 aromatic rings. The van der Waals surface area contributed by atoms with Crippen molar-refractivity contribution >= 4 is 0 Å². The lowest BCUT2D eigenvalue weighted by atomic mass is 10.1. The zero-order chi connectivity index (χ0) is 12.6. The lowest BCUT2D eigenvalue weighted by Gasteiger charge is -2.07. The van der Waals surface area contributed by atoms with Crippen molar-refractivity contribution in [2.45, 2.75) is 58.0 Å². The van der Waals surface area contributed by atoms with E-state index >= 15 is 0 Å². The topological polar surface area (TPSA) is 80.9 Å². The molecule has 0 aromatic carbocycles. The first-order valence-corrected chi connectivity index (χ1v) is 6.23. The summed E-state index contributed by atoms with van der Waals surface area (Å²) in [5.41, 5.74) is 0. The minimum absolute atomic E-state index is 0.0938. The van der Waals surface area contributed by atoms with E-state index in [1.165, 1.54) is 19.3 Å². The summed E-state index contributed by atoms with van der Waals surface area (Å²) in [5, 5.41) is 33.5. The van der Waals surface area contributed by atoms with Crippen molar-refractivity contribution in [2.75, 3.05) is 19.8 Å². The van der Waals surface area contributed by atoms with Crippen molar-refractivity contribution in [1.29, 1.82) is 0 Å². The maximum absolute atomic E-state index is 9.19. The van der Waals surface area contributed by atoms with Crippen LogP contribution in [0.3, 0.4) is 0 Å². The molecule has 0 saturated carbocycles. The van der Waals surface area contributed by atoms with E-state index in [0.29, 0.717) is 12.8 Å². The fourth-order valence-corrected chi connectivity index (χ4v) is 1.17. The van der Waals surface area contributed by atoms with Gasteiger partial charge in [0.1, 0.15) is 0 Å². The van der Waals surface area contributed by atoms with E-state index in [9.17, 15) is 5.11 Å². The molecule has 16 heavy (non-hydrogen) atoms. The Kier molecular flexibility index (Phi) is 19.6. The average molecular weight is 236 g/mol. The molecule has 0 spiro atoms. The molecule has 0 bridgehead atoms. The number of aliphatic hydroxyl groups excluding tert-OH is 4. The first-order chi connectivity index (χ1) is 7.72. The first kappa shape index (κ1) is 18.2. The van der Waals surface area contributed by atoms with Crippen LogP contribution in [0.1, 0.15) is 51.9 Å². The Morgan fingerprint density at radius 3 is 1.75 bits per heavy atom. The second-order valence-electron chi connectivity index (χ2n) is 3.82. The fourth-order valence-electron chi connectivity index (χ4n) is 1.17. The minimum Gasteiger partial charge on any atom is -0.396 e. The van der Waals surface area contributed by atoms with Gasteiger partial charge in [0.05, 0.1) is 6.10 Å². The minimum atomic E-state index is -0.281. The third kappa shape index (κ3) is 19.4. The number of aliphatic hydroxyl groups is 4. The van der Waals surface area contributed by atoms with Crippen molar-refractivity contribution in [2.24, 2.45) is 0 Å². The summed E-state index contributed by atoms with van der Waals surface area (Å²) in [6, 6.07) is 0. The Hall–Kier alpha value is -0.160. The molecule has 0 heterocycles. The molecule has 1 unspecified atom stereocenters. The normalized spacial score (nSPS) is 11.8.